The molecule has 0 atom stereocenters. The maximum Gasteiger partial charge on any atom is 0.0499 e. The van der Waals surface area contributed by atoms with Crippen molar-refractivity contribution < 1.29 is 0 Å². The molecule has 0 saturated carbocycles. The van der Waals surface area contributed by atoms with Gasteiger partial charge in [-0.1, -0.05) is 38.4 Å². The maximum absolute atomic E-state index is 6.15. The zero-order valence-corrected chi connectivity index (χ0v) is 10.9. The topological polar surface area (TPSA) is 4.93 Å². The van der Waals surface area contributed by atoms with Crippen LogP contribution in [0.15, 0.2) is 30.5 Å². The van der Waals surface area contributed by atoms with Gasteiger partial charge in [-0.2, -0.15) is 0 Å². The molecule has 2 aromatic rings. The molecule has 0 N–H and O–H groups in total. The Labute approximate surface area is 102 Å². The van der Waals surface area contributed by atoms with Gasteiger partial charge in [-0.3, -0.25) is 0 Å². The molecule has 0 aliphatic heterocycles. The third kappa shape index (κ3) is 2.41. The average molecular weight is 236 g/mol. The SMILES string of the molecule is CC(C)(C)CCn1ccc2c(Cl)cccc21. The first kappa shape index (κ1) is 11.5. The minimum atomic E-state index is 0.370. The fourth-order valence-electron chi connectivity index (χ4n) is 1.84. The van der Waals surface area contributed by atoms with Gasteiger partial charge in [-0.15, -0.1) is 0 Å². The lowest BCUT2D eigenvalue weighted by Gasteiger charge is -2.18. The molecule has 0 radical (unpaired) electrons. The van der Waals surface area contributed by atoms with Crippen molar-refractivity contribution in [3.63, 3.8) is 0 Å². The highest BCUT2D eigenvalue weighted by molar-refractivity contribution is 6.35. The summed E-state index contributed by atoms with van der Waals surface area (Å²) >= 11 is 6.15. The van der Waals surface area contributed by atoms with Crippen molar-refractivity contribution in [2.45, 2.75) is 33.7 Å². The molecular weight excluding hydrogens is 218 g/mol. The molecule has 0 bridgehead atoms. The minimum absolute atomic E-state index is 0.370. The van der Waals surface area contributed by atoms with Crippen molar-refractivity contribution in [1.82, 2.24) is 4.57 Å². The third-order valence-electron chi connectivity index (χ3n) is 2.86. The van der Waals surface area contributed by atoms with Gasteiger partial charge >= 0.3 is 0 Å². The largest absolute Gasteiger partial charge is 0.347 e. The molecule has 0 aliphatic rings. The van der Waals surface area contributed by atoms with Crippen LogP contribution >= 0.6 is 11.6 Å². The van der Waals surface area contributed by atoms with Crippen molar-refractivity contribution in [2.24, 2.45) is 5.41 Å². The molecule has 1 nitrogen and oxygen atoms in total. The van der Waals surface area contributed by atoms with Crippen LogP contribution in [-0.4, -0.2) is 4.57 Å². The molecule has 2 heteroatoms. The fourth-order valence-corrected chi connectivity index (χ4v) is 2.07. The number of benzene rings is 1. The van der Waals surface area contributed by atoms with E-state index in [0.29, 0.717) is 5.41 Å². The van der Waals surface area contributed by atoms with Gasteiger partial charge in [0, 0.05) is 28.7 Å². The number of halogens is 1. The van der Waals surface area contributed by atoms with Crippen LogP contribution in [0.25, 0.3) is 10.9 Å². The summed E-state index contributed by atoms with van der Waals surface area (Å²) in [6.07, 6.45) is 3.30. The van der Waals surface area contributed by atoms with E-state index in [4.69, 9.17) is 11.6 Å². The van der Waals surface area contributed by atoms with Crippen molar-refractivity contribution in [3.05, 3.63) is 35.5 Å². The molecule has 0 fully saturated rings. The van der Waals surface area contributed by atoms with Gasteiger partial charge in [-0.25, -0.2) is 0 Å². The van der Waals surface area contributed by atoms with Gasteiger partial charge in [0.2, 0.25) is 0 Å². The summed E-state index contributed by atoms with van der Waals surface area (Å²) in [7, 11) is 0. The Morgan fingerprint density at radius 2 is 1.94 bits per heavy atom. The zero-order valence-electron chi connectivity index (χ0n) is 10.1. The van der Waals surface area contributed by atoms with Crippen molar-refractivity contribution in [1.29, 1.82) is 0 Å². The zero-order chi connectivity index (χ0) is 11.8. The van der Waals surface area contributed by atoms with E-state index >= 15 is 0 Å². The van der Waals surface area contributed by atoms with Crippen LogP contribution in [0.1, 0.15) is 27.2 Å². The standard InChI is InChI=1S/C14H18ClN/c1-14(2,3)8-10-16-9-7-11-12(15)5-4-6-13(11)16/h4-7,9H,8,10H2,1-3H3. The van der Waals surface area contributed by atoms with E-state index in [1.54, 1.807) is 0 Å². The third-order valence-corrected chi connectivity index (χ3v) is 3.19. The Bertz CT molecular complexity index is 491. The molecule has 0 unspecified atom stereocenters. The van der Waals surface area contributed by atoms with E-state index < -0.39 is 0 Å². The number of rotatable bonds is 2. The summed E-state index contributed by atoms with van der Waals surface area (Å²) < 4.78 is 2.28. The summed E-state index contributed by atoms with van der Waals surface area (Å²) in [5.41, 5.74) is 1.60. The highest BCUT2D eigenvalue weighted by Crippen LogP contribution is 2.26. The average Bonchev–Trinajstić information content (AvgIpc) is 2.58. The predicted molar refractivity (Wildman–Crippen MR) is 71.0 cm³/mol. The lowest BCUT2D eigenvalue weighted by molar-refractivity contribution is 0.353. The summed E-state index contributed by atoms with van der Waals surface area (Å²) in [6, 6.07) is 8.18. The van der Waals surface area contributed by atoms with Gasteiger partial charge in [0.1, 0.15) is 0 Å². The summed E-state index contributed by atoms with van der Waals surface area (Å²) in [5.74, 6) is 0. The Kier molecular flexibility index (Phi) is 2.98. The lowest BCUT2D eigenvalue weighted by atomic mass is 9.92. The molecule has 1 aromatic heterocycles. The van der Waals surface area contributed by atoms with Gasteiger partial charge in [0.05, 0.1) is 0 Å². The van der Waals surface area contributed by atoms with Gasteiger partial charge in [0.15, 0.2) is 0 Å². The number of aromatic nitrogens is 1. The second-order valence-corrected chi connectivity index (χ2v) is 5.90. The maximum atomic E-state index is 6.15. The highest BCUT2D eigenvalue weighted by Gasteiger charge is 2.11. The first-order valence-corrected chi connectivity index (χ1v) is 6.08. The minimum Gasteiger partial charge on any atom is -0.347 e. The van der Waals surface area contributed by atoms with Crippen molar-refractivity contribution >= 4 is 22.5 Å². The van der Waals surface area contributed by atoms with E-state index in [1.165, 1.54) is 11.9 Å². The predicted octanol–water partition coefficient (Wildman–Crippen LogP) is 4.73. The molecule has 2 rings (SSSR count). The van der Waals surface area contributed by atoms with Crippen LogP contribution in [0.4, 0.5) is 0 Å². The van der Waals surface area contributed by atoms with E-state index in [0.717, 1.165) is 17.0 Å². The molecule has 0 amide bonds. The van der Waals surface area contributed by atoms with E-state index in [-0.39, 0.29) is 0 Å². The van der Waals surface area contributed by atoms with E-state index in [9.17, 15) is 0 Å². The Hall–Kier alpha value is -0.950. The molecule has 1 heterocycles. The number of aryl methyl sites for hydroxylation is 1. The van der Waals surface area contributed by atoms with Crippen LogP contribution in [0, 0.1) is 5.41 Å². The summed E-state index contributed by atoms with van der Waals surface area (Å²) in [5, 5.41) is 1.99. The van der Waals surface area contributed by atoms with Crippen molar-refractivity contribution in [2.75, 3.05) is 0 Å². The van der Waals surface area contributed by atoms with Crippen LogP contribution in [0.3, 0.4) is 0 Å². The Morgan fingerprint density at radius 3 is 2.62 bits per heavy atom. The molecule has 0 spiro atoms. The summed E-state index contributed by atoms with van der Waals surface area (Å²) in [4.78, 5) is 0. The second-order valence-electron chi connectivity index (χ2n) is 5.49. The second kappa shape index (κ2) is 4.14. The van der Waals surface area contributed by atoms with Gasteiger partial charge in [0.25, 0.3) is 0 Å². The van der Waals surface area contributed by atoms with E-state index in [2.05, 4.69) is 43.7 Å². The highest BCUT2D eigenvalue weighted by atomic mass is 35.5. The lowest BCUT2D eigenvalue weighted by Crippen LogP contribution is -2.09. The fraction of sp³-hybridized carbons (Fsp3) is 0.429. The Morgan fingerprint density at radius 1 is 1.19 bits per heavy atom. The molecule has 1 aromatic carbocycles. The van der Waals surface area contributed by atoms with Crippen LogP contribution in [0.5, 0.6) is 0 Å². The quantitative estimate of drug-likeness (QED) is 0.709. The first-order valence-electron chi connectivity index (χ1n) is 5.71. The first-order chi connectivity index (χ1) is 7.47. The molecule has 86 valence electrons. The smallest absolute Gasteiger partial charge is 0.0499 e. The van der Waals surface area contributed by atoms with Gasteiger partial charge < -0.3 is 4.57 Å². The molecule has 0 saturated heterocycles. The molecule has 0 aliphatic carbocycles. The normalized spacial score (nSPS) is 12.2. The van der Waals surface area contributed by atoms with Crippen LogP contribution in [0.2, 0.25) is 5.02 Å². The summed E-state index contributed by atoms with van der Waals surface area (Å²) in [6.45, 7) is 7.86. The van der Waals surface area contributed by atoms with Crippen LogP contribution < -0.4 is 0 Å². The number of fused-ring (bicyclic) bond motifs is 1. The number of hydrogen-bond donors (Lipinski definition) is 0. The van der Waals surface area contributed by atoms with Crippen LogP contribution in [-0.2, 0) is 6.54 Å². The number of nitrogens with zero attached hydrogens (tertiary/aromatic N) is 1. The Balaban J connectivity index is 2.29. The monoisotopic (exact) mass is 235 g/mol. The molecular formula is C14H18ClN. The van der Waals surface area contributed by atoms with E-state index in [1.807, 2.05) is 12.1 Å². The number of hydrogen-bond acceptors (Lipinski definition) is 0. The van der Waals surface area contributed by atoms with Gasteiger partial charge in [-0.05, 0) is 30.0 Å². The molecule has 16 heavy (non-hydrogen) atoms. The van der Waals surface area contributed by atoms with Crippen molar-refractivity contribution in [3.8, 4) is 0 Å².